The molecule has 1 atom stereocenters. The van der Waals surface area contributed by atoms with Gasteiger partial charge in [0.1, 0.15) is 0 Å². The van der Waals surface area contributed by atoms with E-state index in [0.717, 1.165) is 5.56 Å². The lowest BCUT2D eigenvalue weighted by atomic mass is 10.0. The quantitative estimate of drug-likeness (QED) is 0.789. The second-order valence-corrected chi connectivity index (χ2v) is 5.58. The number of carbonyl (C=O) groups excluding carboxylic acids is 1. The van der Waals surface area contributed by atoms with E-state index in [1.807, 2.05) is 37.3 Å². The maximum absolute atomic E-state index is 12.5. The first-order valence-electron chi connectivity index (χ1n) is 7.14. The van der Waals surface area contributed by atoms with Crippen LogP contribution in [0.5, 0.6) is 11.5 Å². The Bertz CT molecular complexity index is 659. The molecule has 108 valence electrons. The molecule has 3 rings (SSSR count). The van der Waals surface area contributed by atoms with Crippen LogP contribution in [0.3, 0.4) is 0 Å². The van der Waals surface area contributed by atoms with Gasteiger partial charge in [-0.25, -0.2) is 0 Å². The molecule has 1 heterocycles. The van der Waals surface area contributed by atoms with E-state index in [1.54, 1.807) is 12.1 Å². The molecule has 2 aromatic carbocycles. The normalized spacial score (nSPS) is 17.1. The van der Waals surface area contributed by atoms with Crippen LogP contribution in [-0.2, 0) is 0 Å². The lowest BCUT2D eigenvalue weighted by molar-refractivity contribution is 0.103. The van der Waals surface area contributed by atoms with Crippen molar-refractivity contribution in [3.8, 4) is 11.5 Å². The fourth-order valence-electron chi connectivity index (χ4n) is 2.27. The lowest BCUT2D eigenvalue weighted by Gasteiger charge is -2.09. The Hall–Kier alpha value is -2.29. The molecule has 3 nitrogen and oxygen atoms in total. The van der Waals surface area contributed by atoms with Gasteiger partial charge < -0.3 is 9.47 Å². The Morgan fingerprint density at radius 2 is 1.57 bits per heavy atom. The van der Waals surface area contributed by atoms with Crippen LogP contribution >= 0.6 is 0 Å². The first-order chi connectivity index (χ1) is 10.1. The minimum absolute atomic E-state index is 0.00121. The third-order valence-electron chi connectivity index (χ3n) is 3.57. The number of ether oxygens (including phenoxy) is 2. The van der Waals surface area contributed by atoms with E-state index in [1.165, 1.54) is 0 Å². The minimum atomic E-state index is -0.00121. The molecule has 0 bridgehead atoms. The van der Waals surface area contributed by atoms with Gasteiger partial charge in [0, 0.05) is 17.0 Å². The Labute approximate surface area is 124 Å². The zero-order chi connectivity index (χ0) is 14.8. The number of benzene rings is 2. The van der Waals surface area contributed by atoms with E-state index in [0.29, 0.717) is 41.8 Å². The summed E-state index contributed by atoms with van der Waals surface area (Å²) in [5.74, 6) is 1.70. The first-order valence-corrected chi connectivity index (χ1v) is 7.14. The first kappa shape index (κ1) is 13.7. The lowest BCUT2D eigenvalue weighted by Crippen LogP contribution is -2.12. The molecule has 3 heteroatoms. The van der Waals surface area contributed by atoms with Crippen LogP contribution < -0.4 is 9.47 Å². The monoisotopic (exact) mass is 282 g/mol. The average Bonchev–Trinajstić information content (AvgIpc) is 2.69. The van der Waals surface area contributed by atoms with E-state index in [4.69, 9.17) is 9.47 Å². The predicted molar refractivity (Wildman–Crippen MR) is 81.2 cm³/mol. The van der Waals surface area contributed by atoms with Crippen LogP contribution in [0, 0.1) is 12.8 Å². The summed E-state index contributed by atoms with van der Waals surface area (Å²) in [4.78, 5) is 12.5. The summed E-state index contributed by atoms with van der Waals surface area (Å²) in [5.41, 5.74) is 2.44. The van der Waals surface area contributed by atoms with Crippen LogP contribution in [-0.4, -0.2) is 19.0 Å². The van der Waals surface area contributed by atoms with E-state index in [-0.39, 0.29) is 5.78 Å². The smallest absolute Gasteiger partial charge is 0.193 e. The van der Waals surface area contributed by atoms with Crippen molar-refractivity contribution in [2.75, 3.05) is 13.2 Å². The highest BCUT2D eigenvalue weighted by Crippen LogP contribution is 2.32. The molecule has 0 fully saturated rings. The van der Waals surface area contributed by atoms with Crippen LogP contribution in [0.1, 0.15) is 28.4 Å². The molecule has 0 aromatic heterocycles. The summed E-state index contributed by atoms with van der Waals surface area (Å²) in [6.45, 7) is 5.32. The van der Waals surface area contributed by atoms with Gasteiger partial charge in [0.05, 0.1) is 13.2 Å². The maximum Gasteiger partial charge on any atom is 0.193 e. The predicted octanol–water partition coefficient (Wildman–Crippen LogP) is 3.63. The van der Waals surface area contributed by atoms with Gasteiger partial charge in [-0.3, -0.25) is 4.79 Å². The van der Waals surface area contributed by atoms with Crippen LogP contribution in [0.4, 0.5) is 0 Å². The standard InChI is InChI=1S/C18H18O3/c1-12-3-5-14(6-4-12)18(19)15-7-8-16-17(9-15)21-11-13(2)10-20-16/h3-9,13H,10-11H2,1-2H3. The molecule has 0 amide bonds. The summed E-state index contributed by atoms with van der Waals surface area (Å²) in [6.07, 6.45) is 0. The number of fused-ring (bicyclic) bond motifs is 1. The van der Waals surface area contributed by atoms with Gasteiger partial charge >= 0.3 is 0 Å². The number of aryl methyl sites for hydroxylation is 1. The van der Waals surface area contributed by atoms with Crippen LogP contribution in [0.2, 0.25) is 0 Å². The fourth-order valence-corrected chi connectivity index (χ4v) is 2.27. The number of ketones is 1. The Kier molecular flexibility index (Phi) is 3.65. The minimum Gasteiger partial charge on any atom is -0.489 e. The van der Waals surface area contributed by atoms with Crippen molar-refractivity contribution in [3.63, 3.8) is 0 Å². The number of carbonyl (C=O) groups is 1. The summed E-state index contributed by atoms with van der Waals surface area (Å²) < 4.78 is 11.4. The van der Waals surface area contributed by atoms with Gasteiger partial charge in [-0.05, 0) is 25.1 Å². The molecule has 0 saturated heterocycles. The highest BCUT2D eigenvalue weighted by atomic mass is 16.5. The molecule has 1 unspecified atom stereocenters. The van der Waals surface area contributed by atoms with Gasteiger partial charge in [0.15, 0.2) is 17.3 Å². The van der Waals surface area contributed by atoms with Crippen molar-refractivity contribution in [1.82, 2.24) is 0 Å². The van der Waals surface area contributed by atoms with Gasteiger partial charge in [0.2, 0.25) is 0 Å². The van der Waals surface area contributed by atoms with Gasteiger partial charge in [-0.1, -0.05) is 36.8 Å². The van der Waals surface area contributed by atoms with Crippen molar-refractivity contribution in [2.24, 2.45) is 5.92 Å². The van der Waals surface area contributed by atoms with Crippen LogP contribution in [0.25, 0.3) is 0 Å². The second-order valence-electron chi connectivity index (χ2n) is 5.58. The molecule has 0 saturated carbocycles. The molecule has 21 heavy (non-hydrogen) atoms. The summed E-state index contributed by atoms with van der Waals surface area (Å²) in [7, 11) is 0. The SMILES string of the molecule is Cc1ccc(C(=O)c2ccc3c(c2)OCC(C)CO3)cc1. The number of rotatable bonds is 2. The summed E-state index contributed by atoms with van der Waals surface area (Å²) >= 11 is 0. The fraction of sp³-hybridized carbons (Fsp3) is 0.278. The van der Waals surface area contributed by atoms with Crippen molar-refractivity contribution < 1.29 is 14.3 Å². The maximum atomic E-state index is 12.5. The van der Waals surface area contributed by atoms with Crippen molar-refractivity contribution in [1.29, 1.82) is 0 Å². The summed E-state index contributed by atoms with van der Waals surface area (Å²) in [5, 5.41) is 0. The van der Waals surface area contributed by atoms with E-state index in [9.17, 15) is 4.79 Å². The third-order valence-corrected chi connectivity index (χ3v) is 3.57. The zero-order valence-corrected chi connectivity index (χ0v) is 12.3. The van der Waals surface area contributed by atoms with E-state index < -0.39 is 0 Å². The number of hydrogen-bond acceptors (Lipinski definition) is 3. The molecule has 0 radical (unpaired) electrons. The molecule has 1 aliphatic heterocycles. The number of hydrogen-bond donors (Lipinski definition) is 0. The molecule has 0 aliphatic carbocycles. The topological polar surface area (TPSA) is 35.5 Å². The molecular formula is C18H18O3. The Balaban J connectivity index is 1.90. The molecule has 0 spiro atoms. The van der Waals surface area contributed by atoms with Crippen molar-refractivity contribution in [2.45, 2.75) is 13.8 Å². The van der Waals surface area contributed by atoms with E-state index in [2.05, 4.69) is 6.92 Å². The zero-order valence-electron chi connectivity index (χ0n) is 12.3. The Morgan fingerprint density at radius 1 is 0.952 bits per heavy atom. The molecule has 1 aliphatic rings. The van der Waals surface area contributed by atoms with Crippen LogP contribution in [0.15, 0.2) is 42.5 Å². The largest absolute Gasteiger partial charge is 0.489 e. The highest BCUT2D eigenvalue weighted by Gasteiger charge is 2.17. The molecule has 2 aromatic rings. The van der Waals surface area contributed by atoms with Crippen molar-refractivity contribution >= 4 is 5.78 Å². The third kappa shape index (κ3) is 2.92. The molecule has 0 N–H and O–H groups in total. The highest BCUT2D eigenvalue weighted by molar-refractivity contribution is 6.09. The Morgan fingerprint density at radius 3 is 2.29 bits per heavy atom. The van der Waals surface area contributed by atoms with Gasteiger partial charge in [-0.2, -0.15) is 0 Å². The van der Waals surface area contributed by atoms with Crippen molar-refractivity contribution in [3.05, 3.63) is 59.2 Å². The van der Waals surface area contributed by atoms with Gasteiger partial charge in [0.25, 0.3) is 0 Å². The van der Waals surface area contributed by atoms with Gasteiger partial charge in [-0.15, -0.1) is 0 Å². The second kappa shape index (κ2) is 5.60. The molecular weight excluding hydrogens is 264 g/mol. The van der Waals surface area contributed by atoms with E-state index >= 15 is 0 Å². The summed E-state index contributed by atoms with van der Waals surface area (Å²) in [6, 6.07) is 13.0. The average molecular weight is 282 g/mol.